The third kappa shape index (κ3) is 4.19. The number of amides is 1. The van der Waals surface area contributed by atoms with Gasteiger partial charge in [0.1, 0.15) is 5.76 Å². The molecule has 2 heterocycles. The summed E-state index contributed by atoms with van der Waals surface area (Å²) in [6.07, 6.45) is 1.97. The Bertz CT molecular complexity index is 910. The summed E-state index contributed by atoms with van der Waals surface area (Å²) >= 11 is 6.14. The van der Waals surface area contributed by atoms with Crippen molar-refractivity contribution in [1.82, 2.24) is 10.5 Å². The van der Waals surface area contributed by atoms with Gasteiger partial charge >= 0.3 is 0 Å². The molecule has 1 N–H and O–H groups in total. The lowest BCUT2D eigenvalue weighted by Crippen LogP contribution is -2.38. The molecule has 0 unspecified atom stereocenters. The third-order valence-corrected chi connectivity index (χ3v) is 6.37. The summed E-state index contributed by atoms with van der Waals surface area (Å²) in [5, 5.41) is 6.92. The quantitative estimate of drug-likeness (QED) is 0.836. The van der Waals surface area contributed by atoms with Gasteiger partial charge in [-0.1, -0.05) is 16.8 Å². The number of carbonyl (C=O) groups is 1. The number of aromatic nitrogens is 1. The standard InChI is InChI=1S/C17H20ClN3O4S/c1-12-10-13(20-25-12)6-7-19-17(22)15-11-14(4-5-16(15)18)21-8-2-3-9-26(21,23)24/h4-5,10-11H,2-3,6-9H2,1H3,(H,19,22). The molecule has 3 rings (SSSR count). The van der Waals surface area contributed by atoms with E-state index in [2.05, 4.69) is 10.5 Å². The summed E-state index contributed by atoms with van der Waals surface area (Å²) in [5.74, 6) is 0.477. The maximum Gasteiger partial charge on any atom is 0.252 e. The second-order valence-corrected chi connectivity index (χ2v) is 8.61. The largest absolute Gasteiger partial charge is 0.361 e. The van der Waals surface area contributed by atoms with Crippen molar-refractivity contribution < 1.29 is 17.7 Å². The molecule has 140 valence electrons. The normalized spacial score (nSPS) is 16.5. The van der Waals surface area contributed by atoms with Crippen molar-refractivity contribution in [3.05, 3.63) is 46.3 Å². The Morgan fingerprint density at radius 2 is 2.15 bits per heavy atom. The summed E-state index contributed by atoms with van der Waals surface area (Å²) in [6, 6.07) is 6.51. The molecular formula is C17H20ClN3O4S. The van der Waals surface area contributed by atoms with E-state index in [4.69, 9.17) is 16.1 Å². The Balaban J connectivity index is 1.71. The summed E-state index contributed by atoms with van der Waals surface area (Å²) in [6.45, 7) is 2.58. The number of aryl methyl sites for hydroxylation is 1. The molecule has 1 amide bonds. The van der Waals surface area contributed by atoms with Crippen molar-refractivity contribution in [2.45, 2.75) is 26.2 Å². The van der Waals surface area contributed by atoms with Gasteiger partial charge in [-0.3, -0.25) is 9.10 Å². The SMILES string of the molecule is Cc1cc(CCNC(=O)c2cc(N3CCCCS3(=O)=O)ccc2Cl)no1. The van der Waals surface area contributed by atoms with Crippen LogP contribution in [0.1, 0.15) is 34.7 Å². The van der Waals surface area contributed by atoms with Crippen molar-refractivity contribution in [2.24, 2.45) is 0 Å². The van der Waals surface area contributed by atoms with E-state index < -0.39 is 10.0 Å². The van der Waals surface area contributed by atoms with Crippen LogP contribution in [0.2, 0.25) is 5.02 Å². The molecule has 0 bridgehead atoms. The lowest BCUT2D eigenvalue weighted by Gasteiger charge is -2.28. The lowest BCUT2D eigenvalue weighted by molar-refractivity contribution is 0.0954. The molecule has 1 fully saturated rings. The maximum atomic E-state index is 12.4. The van der Waals surface area contributed by atoms with Gasteiger partial charge in [0.2, 0.25) is 10.0 Å². The lowest BCUT2D eigenvalue weighted by atomic mass is 10.1. The van der Waals surface area contributed by atoms with E-state index in [9.17, 15) is 13.2 Å². The highest BCUT2D eigenvalue weighted by molar-refractivity contribution is 7.92. The molecule has 2 aromatic rings. The van der Waals surface area contributed by atoms with Gasteiger partial charge in [-0.2, -0.15) is 0 Å². The minimum absolute atomic E-state index is 0.119. The van der Waals surface area contributed by atoms with Crippen LogP contribution in [0.4, 0.5) is 5.69 Å². The molecule has 1 aliphatic heterocycles. The first-order valence-corrected chi connectivity index (χ1v) is 10.4. The number of rotatable bonds is 5. The fraction of sp³-hybridized carbons (Fsp3) is 0.412. The van der Waals surface area contributed by atoms with Crippen LogP contribution in [0.5, 0.6) is 0 Å². The van der Waals surface area contributed by atoms with E-state index in [1.165, 1.54) is 10.4 Å². The molecule has 7 nitrogen and oxygen atoms in total. The molecule has 1 saturated heterocycles. The summed E-state index contributed by atoms with van der Waals surface area (Å²) in [5.41, 5.74) is 1.47. The Morgan fingerprint density at radius 1 is 1.35 bits per heavy atom. The first-order chi connectivity index (χ1) is 12.4. The van der Waals surface area contributed by atoms with E-state index in [0.717, 1.165) is 12.1 Å². The highest BCUT2D eigenvalue weighted by Gasteiger charge is 2.27. The van der Waals surface area contributed by atoms with Crippen molar-refractivity contribution in [3.63, 3.8) is 0 Å². The number of halogens is 1. The van der Waals surface area contributed by atoms with Gasteiger partial charge in [-0.05, 0) is 38.0 Å². The average Bonchev–Trinajstić information content (AvgIpc) is 3.00. The van der Waals surface area contributed by atoms with Gasteiger partial charge in [0.15, 0.2) is 0 Å². The van der Waals surface area contributed by atoms with Crippen LogP contribution in [0.25, 0.3) is 0 Å². The predicted octanol–water partition coefficient (Wildman–Crippen LogP) is 2.54. The molecule has 1 aromatic heterocycles. The van der Waals surface area contributed by atoms with E-state index in [0.29, 0.717) is 37.4 Å². The molecule has 1 aliphatic rings. The van der Waals surface area contributed by atoms with Crippen LogP contribution < -0.4 is 9.62 Å². The highest BCUT2D eigenvalue weighted by Crippen LogP contribution is 2.27. The van der Waals surface area contributed by atoms with Gasteiger partial charge in [-0.15, -0.1) is 0 Å². The van der Waals surface area contributed by atoms with Gasteiger partial charge < -0.3 is 9.84 Å². The van der Waals surface area contributed by atoms with Crippen LogP contribution >= 0.6 is 11.6 Å². The number of sulfonamides is 1. The fourth-order valence-corrected chi connectivity index (χ4v) is 4.69. The molecule has 0 radical (unpaired) electrons. The molecule has 1 aromatic carbocycles. The zero-order chi connectivity index (χ0) is 18.7. The number of hydrogen-bond acceptors (Lipinski definition) is 5. The smallest absolute Gasteiger partial charge is 0.252 e. The minimum Gasteiger partial charge on any atom is -0.361 e. The minimum atomic E-state index is -3.34. The first kappa shape index (κ1) is 18.7. The second kappa shape index (κ2) is 7.67. The molecule has 26 heavy (non-hydrogen) atoms. The van der Waals surface area contributed by atoms with Gasteiger partial charge in [0, 0.05) is 25.6 Å². The van der Waals surface area contributed by atoms with E-state index >= 15 is 0 Å². The molecule has 0 saturated carbocycles. The van der Waals surface area contributed by atoms with Crippen LogP contribution in [-0.2, 0) is 16.4 Å². The summed E-state index contributed by atoms with van der Waals surface area (Å²) in [7, 11) is -3.34. The number of hydrogen-bond donors (Lipinski definition) is 1. The van der Waals surface area contributed by atoms with Crippen LogP contribution in [-0.4, -0.2) is 38.3 Å². The Hall–Kier alpha value is -2.06. The number of carbonyl (C=O) groups excluding carboxylic acids is 1. The molecule has 0 atom stereocenters. The number of nitrogens with one attached hydrogen (secondary N) is 1. The fourth-order valence-electron chi connectivity index (χ4n) is 2.86. The van der Waals surface area contributed by atoms with Crippen molar-refractivity contribution in [3.8, 4) is 0 Å². The third-order valence-electron chi connectivity index (χ3n) is 4.18. The maximum absolute atomic E-state index is 12.4. The van der Waals surface area contributed by atoms with Crippen LogP contribution in [0, 0.1) is 6.92 Å². The first-order valence-electron chi connectivity index (χ1n) is 8.37. The van der Waals surface area contributed by atoms with E-state index in [1.807, 2.05) is 0 Å². The van der Waals surface area contributed by atoms with Crippen molar-refractivity contribution in [1.29, 1.82) is 0 Å². The van der Waals surface area contributed by atoms with Crippen molar-refractivity contribution >= 4 is 33.2 Å². The van der Waals surface area contributed by atoms with Crippen LogP contribution in [0.15, 0.2) is 28.8 Å². The second-order valence-electron chi connectivity index (χ2n) is 6.19. The molecular weight excluding hydrogens is 378 g/mol. The Labute approximate surface area is 157 Å². The van der Waals surface area contributed by atoms with Gasteiger partial charge in [0.05, 0.1) is 27.7 Å². The molecule has 0 aliphatic carbocycles. The monoisotopic (exact) mass is 397 g/mol. The number of anilines is 1. The topological polar surface area (TPSA) is 92.5 Å². The van der Waals surface area contributed by atoms with E-state index in [-0.39, 0.29) is 22.2 Å². The Kier molecular flexibility index (Phi) is 5.52. The Morgan fingerprint density at radius 3 is 2.85 bits per heavy atom. The molecule has 0 spiro atoms. The van der Waals surface area contributed by atoms with Gasteiger partial charge in [-0.25, -0.2) is 8.42 Å². The molecule has 9 heteroatoms. The summed E-state index contributed by atoms with van der Waals surface area (Å²) < 4.78 is 30.8. The highest BCUT2D eigenvalue weighted by atomic mass is 35.5. The van der Waals surface area contributed by atoms with Crippen molar-refractivity contribution in [2.75, 3.05) is 23.1 Å². The predicted molar refractivity (Wildman–Crippen MR) is 99.1 cm³/mol. The van der Waals surface area contributed by atoms with Gasteiger partial charge in [0.25, 0.3) is 5.91 Å². The van der Waals surface area contributed by atoms with E-state index in [1.54, 1.807) is 25.1 Å². The number of nitrogens with zero attached hydrogens (tertiary/aromatic N) is 2. The average molecular weight is 398 g/mol. The number of benzene rings is 1. The zero-order valence-electron chi connectivity index (χ0n) is 14.4. The van der Waals surface area contributed by atoms with Crippen LogP contribution in [0.3, 0.4) is 0 Å². The zero-order valence-corrected chi connectivity index (χ0v) is 15.9. The summed E-state index contributed by atoms with van der Waals surface area (Å²) in [4.78, 5) is 12.4.